The maximum absolute atomic E-state index is 4.09. The summed E-state index contributed by atoms with van der Waals surface area (Å²) in [5.74, 6) is 0. The molecule has 0 bridgehead atoms. The predicted octanol–water partition coefficient (Wildman–Crippen LogP) is 19.5. The second-order valence-corrected chi connectivity index (χ2v) is 21.1. The summed E-state index contributed by atoms with van der Waals surface area (Å²) < 4.78 is 0. The third-order valence-electron chi connectivity index (χ3n) is 17.5. The van der Waals surface area contributed by atoms with Crippen LogP contribution in [0.3, 0.4) is 0 Å². The molecule has 1 nitrogen and oxygen atoms in total. The second kappa shape index (κ2) is 16.6. The van der Waals surface area contributed by atoms with Gasteiger partial charge in [0.15, 0.2) is 0 Å². The zero-order chi connectivity index (χ0) is 50.8. The number of fused-ring (bicyclic) bond motifs is 20. The SMILES string of the molecule is C=Cc1cccc(-c2ccc3c(c2)C2(c4ccccc4-c4ccc(-c5ccc(N(c6ccc(-c7ccccc7)cc6)c6ccc7c(c6)C6(c8ccccc8-c8ccccc86)c6ccccc6-7)cc5)cc42)c2ccccc2-3)c1. The van der Waals surface area contributed by atoms with Crippen LogP contribution in [0.1, 0.15) is 50.1 Å². The first-order valence-corrected chi connectivity index (χ1v) is 26.8. The molecule has 16 rings (SSSR count). The normalized spacial score (nSPS) is 15.0. The molecule has 77 heavy (non-hydrogen) atoms. The van der Waals surface area contributed by atoms with Gasteiger partial charge < -0.3 is 4.90 Å². The van der Waals surface area contributed by atoms with E-state index in [9.17, 15) is 0 Å². The number of hydrogen-bond acceptors (Lipinski definition) is 1. The molecular weight excluding hydrogens is 927 g/mol. The predicted molar refractivity (Wildman–Crippen MR) is 320 cm³/mol. The van der Waals surface area contributed by atoms with Gasteiger partial charge in [-0.2, -0.15) is 0 Å². The standard InChI is InChI=1S/C76H49N/c1-2-49-17-16-20-53(45-49)55-36-43-65-62-24-10-15-30-71(62)76(73(65)47-55)70-29-14-9-23-61(70)64-42-35-54(46-72(64)76)52-33-39-57(40-34-52)77(56-37-31-51(32-38-56)50-18-4-3-5-19-50)58-41-44-66-63-25-8-13-28-69(63)75(74(66)48-58)67-26-11-6-21-59(67)60-22-7-12-27-68(60)75/h2-48H,1H2. The molecule has 12 aromatic carbocycles. The van der Waals surface area contributed by atoms with Crippen LogP contribution in [0.5, 0.6) is 0 Å². The Hall–Kier alpha value is -9.82. The molecule has 1 heteroatoms. The summed E-state index contributed by atoms with van der Waals surface area (Å²) in [5.41, 5.74) is 31.7. The van der Waals surface area contributed by atoms with Crippen LogP contribution in [0.15, 0.2) is 286 Å². The van der Waals surface area contributed by atoms with Crippen LogP contribution >= 0.6 is 0 Å². The smallest absolute Gasteiger partial charge is 0.0726 e. The Labute approximate surface area is 450 Å². The maximum Gasteiger partial charge on any atom is 0.0726 e. The van der Waals surface area contributed by atoms with Crippen LogP contribution in [-0.2, 0) is 10.8 Å². The van der Waals surface area contributed by atoms with Crippen molar-refractivity contribution in [3.05, 3.63) is 336 Å². The highest BCUT2D eigenvalue weighted by atomic mass is 15.1. The van der Waals surface area contributed by atoms with Crippen LogP contribution in [-0.4, -0.2) is 0 Å². The van der Waals surface area contributed by atoms with Gasteiger partial charge in [0.1, 0.15) is 0 Å². The van der Waals surface area contributed by atoms with Gasteiger partial charge in [-0.15, -0.1) is 0 Å². The summed E-state index contributed by atoms with van der Waals surface area (Å²) >= 11 is 0. The van der Waals surface area contributed by atoms with Crippen LogP contribution in [0, 0.1) is 0 Å². The van der Waals surface area contributed by atoms with Crippen LogP contribution in [0.25, 0.3) is 84.0 Å². The van der Waals surface area contributed by atoms with E-state index in [4.69, 9.17) is 0 Å². The van der Waals surface area contributed by atoms with Gasteiger partial charge in [0.25, 0.3) is 0 Å². The third kappa shape index (κ3) is 6.06. The van der Waals surface area contributed by atoms with Crippen molar-refractivity contribution in [2.75, 3.05) is 4.90 Å². The zero-order valence-electron chi connectivity index (χ0n) is 42.3. The van der Waals surface area contributed by atoms with E-state index in [-0.39, 0.29) is 0 Å². The van der Waals surface area contributed by atoms with E-state index in [0.717, 1.165) is 22.6 Å². The van der Waals surface area contributed by atoms with Gasteiger partial charge in [-0.3, -0.25) is 0 Å². The molecule has 4 aliphatic rings. The van der Waals surface area contributed by atoms with Gasteiger partial charge in [0, 0.05) is 17.1 Å². The lowest BCUT2D eigenvalue weighted by molar-refractivity contribution is 0.793. The lowest BCUT2D eigenvalue weighted by atomic mass is 9.70. The van der Waals surface area contributed by atoms with Crippen molar-refractivity contribution >= 4 is 23.1 Å². The first kappa shape index (κ1) is 43.6. The van der Waals surface area contributed by atoms with Crippen molar-refractivity contribution in [3.8, 4) is 77.9 Å². The van der Waals surface area contributed by atoms with Gasteiger partial charge in [-0.25, -0.2) is 0 Å². The highest BCUT2D eigenvalue weighted by Gasteiger charge is 2.53. The van der Waals surface area contributed by atoms with Gasteiger partial charge in [0.05, 0.1) is 10.8 Å². The zero-order valence-corrected chi connectivity index (χ0v) is 42.3. The molecule has 0 amide bonds. The first-order chi connectivity index (χ1) is 38.1. The number of nitrogens with zero attached hydrogens (tertiary/aromatic N) is 1. The van der Waals surface area contributed by atoms with Crippen LogP contribution in [0.4, 0.5) is 17.1 Å². The van der Waals surface area contributed by atoms with Crippen molar-refractivity contribution in [1.82, 2.24) is 0 Å². The first-order valence-electron chi connectivity index (χ1n) is 26.8. The summed E-state index contributed by atoms with van der Waals surface area (Å²) in [6, 6.07) is 105. The Kier molecular flexibility index (Phi) is 9.39. The lowest BCUT2D eigenvalue weighted by Crippen LogP contribution is -2.26. The largest absolute Gasteiger partial charge is 0.310 e. The molecule has 4 aliphatic carbocycles. The van der Waals surface area contributed by atoms with Crippen LogP contribution < -0.4 is 4.90 Å². The summed E-state index contributed by atoms with van der Waals surface area (Å²) in [7, 11) is 0. The fourth-order valence-corrected chi connectivity index (χ4v) is 14.2. The molecule has 0 N–H and O–H groups in total. The maximum atomic E-state index is 4.09. The van der Waals surface area contributed by atoms with Crippen molar-refractivity contribution in [1.29, 1.82) is 0 Å². The Morgan fingerprint density at radius 2 is 0.545 bits per heavy atom. The Morgan fingerprint density at radius 1 is 0.234 bits per heavy atom. The Morgan fingerprint density at radius 3 is 1.01 bits per heavy atom. The average molecular weight is 976 g/mol. The summed E-state index contributed by atoms with van der Waals surface area (Å²) in [6.45, 7) is 4.09. The minimum atomic E-state index is -0.493. The van der Waals surface area contributed by atoms with E-state index in [0.29, 0.717) is 0 Å². The molecular formula is C76H49N. The van der Waals surface area contributed by atoms with E-state index < -0.39 is 10.8 Å². The van der Waals surface area contributed by atoms with Crippen molar-refractivity contribution in [2.24, 2.45) is 0 Å². The molecule has 0 saturated carbocycles. The second-order valence-electron chi connectivity index (χ2n) is 21.1. The molecule has 358 valence electrons. The fourth-order valence-electron chi connectivity index (χ4n) is 14.2. The van der Waals surface area contributed by atoms with Gasteiger partial charge >= 0.3 is 0 Å². The Bertz CT molecular complexity index is 4330. The molecule has 1 atom stereocenters. The number of rotatable bonds is 7. The van der Waals surface area contributed by atoms with Crippen LogP contribution in [0.2, 0.25) is 0 Å². The molecule has 0 saturated heterocycles. The number of anilines is 3. The van der Waals surface area contributed by atoms with Gasteiger partial charge in [-0.1, -0.05) is 237 Å². The highest BCUT2D eigenvalue weighted by molar-refractivity contribution is 5.99. The molecule has 0 aliphatic heterocycles. The third-order valence-corrected chi connectivity index (χ3v) is 17.5. The number of hydrogen-bond donors (Lipinski definition) is 0. The molecule has 0 aromatic heterocycles. The highest BCUT2D eigenvalue weighted by Crippen LogP contribution is 2.65. The molecule has 0 radical (unpaired) electrons. The van der Waals surface area contributed by atoms with Crippen molar-refractivity contribution < 1.29 is 0 Å². The van der Waals surface area contributed by atoms with E-state index in [1.165, 1.54) is 122 Å². The summed E-state index contributed by atoms with van der Waals surface area (Å²) in [6.07, 6.45) is 1.93. The molecule has 0 heterocycles. The molecule has 1 unspecified atom stereocenters. The minimum absolute atomic E-state index is 0.453. The quantitative estimate of drug-likeness (QED) is 0.154. The lowest BCUT2D eigenvalue weighted by Gasteiger charge is -2.32. The Balaban J connectivity index is 0.853. The minimum Gasteiger partial charge on any atom is -0.310 e. The van der Waals surface area contributed by atoms with Gasteiger partial charge in [-0.05, 0) is 183 Å². The molecule has 2 spiro atoms. The number of benzene rings is 12. The average Bonchev–Trinajstić information content (AvgIpc) is 4.25. The van der Waals surface area contributed by atoms with Crippen molar-refractivity contribution in [3.63, 3.8) is 0 Å². The fraction of sp³-hybridized carbons (Fsp3) is 0.0263. The molecule has 12 aromatic rings. The topological polar surface area (TPSA) is 3.24 Å². The summed E-state index contributed by atoms with van der Waals surface area (Å²) in [5, 5.41) is 0. The van der Waals surface area contributed by atoms with Crippen molar-refractivity contribution in [2.45, 2.75) is 10.8 Å². The summed E-state index contributed by atoms with van der Waals surface area (Å²) in [4.78, 5) is 2.45. The van der Waals surface area contributed by atoms with E-state index >= 15 is 0 Å². The van der Waals surface area contributed by atoms with E-state index in [2.05, 4.69) is 291 Å². The van der Waals surface area contributed by atoms with Gasteiger partial charge in [0.2, 0.25) is 0 Å². The van der Waals surface area contributed by atoms with E-state index in [1.54, 1.807) is 0 Å². The van der Waals surface area contributed by atoms with E-state index in [1.807, 2.05) is 6.08 Å². The monoisotopic (exact) mass is 975 g/mol. The molecule has 0 fully saturated rings.